The Morgan fingerprint density at radius 2 is 1.67 bits per heavy atom. The molecule has 0 saturated heterocycles. The fraction of sp³-hybridized carbons (Fsp3) is 0.208. The Morgan fingerprint density at radius 1 is 0.852 bits per heavy atom. The van der Waals surface area contributed by atoms with E-state index in [1.807, 2.05) is 73.8 Å². The van der Waals surface area contributed by atoms with Gasteiger partial charge in [0, 0.05) is 6.21 Å². The van der Waals surface area contributed by atoms with Crippen LogP contribution in [0.4, 0.5) is 5.69 Å². The summed E-state index contributed by atoms with van der Waals surface area (Å²) in [7, 11) is 0. The van der Waals surface area contributed by atoms with Gasteiger partial charge in [-0.3, -0.25) is 4.99 Å². The molecule has 3 aromatic carbocycles. The maximum Gasteiger partial charge on any atom is 0.161 e. The quantitative estimate of drug-likeness (QED) is 0.482. The predicted octanol–water partition coefficient (Wildman–Crippen LogP) is 6.03. The van der Waals surface area contributed by atoms with Crippen LogP contribution in [0.1, 0.15) is 29.2 Å². The van der Waals surface area contributed by atoms with Gasteiger partial charge in [-0.2, -0.15) is 0 Å². The normalized spacial score (nSPS) is 10.9. The van der Waals surface area contributed by atoms with Gasteiger partial charge in [-0.25, -0.2) is 0 Å². The summed E-state index contributed by atoms with van der Waals surface area (Å²) in [6.07, 6.45) is 1.87. The highest BCUT2D eigenvalue weighted by Crippen LogP contribution is 2.29. The fourth-order valence-electron chi connectivity index (χ4n) is 2.75. The van der Waals surface area contributed by atoms with Gasteiger partial charge in [-0.15, -0.1) is 0 Å². The second-order valence-corrected chi connectivity index (χ2v) is 6.39. The minimum atomic E-state index is 0.511. The van der Waals surface area contributed by atoms with Crippen LogP contribution in [0.25, 0.3) is 0 Å². The van der Waals surface area contributed by atoms with Crippen LogP contribution in [0.15, 0.2) is 71.7 Å². The van der Waals surface area contributed by atoms with Crippen molar-refractivity contribution in [3.63, 3.8) is 0 Å². The molecule has 0 fully saturated rings. The fourth-order valence-corrected chi connectivity index (χ4v) is 2.75. The van der Waals surface area contributed by atoms with Gasteiger partial charge in [-0.1, -0.05) is 42.5 Å². The smallest absolute Gasteiger partial charge is 0.161 e. The summed E-state index contributed by atoms with van der Waals surface area (Å²) in [4.78, 5) is 4.64. The Balaban J connectivity index is 1.78. The van der Waals surface area contributed by atoms with Crippen LogP contribution >= 0.6 is 0 Å². The van der Waals surface area contributed by atoms with Gasteiger partial charge >= 0.3 is 0 Å². The molecule has 0 aromatic heterocycles. The van der Waals surface area contributed by atoms with E-state index in [0.717, 1.165) is 28.3 Å². The van der Waals surface area contributed by atoms with Gasteiger partial charge in [0.05, 0.1) is 12.3 Å². The average Bonchev–Trinajstić information content (AvgIpc) is 2.69. The lowest BCUT2D eigenvalue weighted by molar-refractivity contribution is 0.269. The highest BCUT2D eigenvalue weighted by atomic mass is 16.5. The van der Waals surface area contributed by atoms with E-state index in [1.165, 1.54) is 11.1 Å². The third-order valence-corrected chi connectivity index (χ3v) is 4.43. The third-order valence-electron chi connectivity index (χ3n) is 4.43. The van der Waals surface area contributed by atoms with Gasteiger partial charge in [0.25, 0.3) is 0 Å². The lowest BCUT2D eigenvalue weighted by atomic mass is 10.1. The summed E-state index contributed by atoms with van der Waals surface area (Å²) in [5.41, 5.74) is 5.52. The van der Waals surface area contributed by atoms with Gasteiger partial charge in [0.15, 0.2) is 11.5 Å². The van der Waals surface area contributed by atoms with Crippen LogP contribution < -0.4 is 9.47 Å². The molecule has 0 bridgehead atoms. The Hall–Kier alpha value is -3.07. The molecule has 0 radical (unpaired) electrons. The topological polar surface area (TPSA) is 30.8 Å². The summed E-state index contributed by atoms with van der Waals surface area (Å²) >= 11 is 0. The Labute approximate surface area is 161 Å². The Kier molecular flexibility index (Phi) is 6.26. The first-order valence-electron chi connectivity index (χ1n) is 9.21. The van der Waals surface area contributed by atoms with Crippen LogP contribution in [0, 0.1) is 13.8 Å². The van der Waals surface area contributed by atoms with Crippen molar-refractivity contribution in [1.29, 1.82) is 0 Å². The first kappa shape index (κ1) is 18.7. The van der Waals surface area contributed by atoms with E-state index in [2.05, 4.69) is 24.9 Å². The number of aliphatic imine (C=N–C) groups is 1. The molecule has 0 atom stereocenters. The van der Waals surface area contributed by atoms with E-state index in [9.17, 15) is 0 Å². The first-order chi connectivity index (χ1) is 13.2. The monoisotopic (exact) mass is 359 g/mol. The molecule has 3 nitrogen and oxygen atoms in total. The van der Waals surface area contributed by atoms with Crippen LogP contribution in [-0.2, 0) is 6.61 Å². The maximum atomic E-state index is 5.96. The van der Waals surface area contributed by atoms with E-state index in [4.69, 9.17) is 9.47 Å². The number of aryl methyl sites for hydroxylation is 1. The van der Waals surface area contributed by atoms with Crippen molar-refractivity contribution in [3.8, 4) is 11.5 Å². The van der Waals surface area contributed by atoms with E-state index in [0.29, 0.717) is 13.2 Å². The number of hydrogen-bond donors (Lipinski definition) is 0. The number of benzene rings is 3. The molecule has 0 saturated carbocycles. The van der Waals surface area contributed by atoms with Crippen LogP contribution in [0.5, 0.6) is 11.5 Å². The summed E-state index contributed by atoms with van der Waals surface area (Å²) in [6, 6.07) is 22.2. The molecule has 0 spiro atoms. The van der Waals surface area contributed by atoms with Crippen LogP contribution in [0.2, 0.25) is 0 Å². The van der Waals surface area contributed by atoms with E-state index >= 15 is 0 Å². The molecule has 0 aliphatic heterocycles. The number of rotatable bonds is 7. The SMILES string of the molecule is CCOc1cc(C=Nc2cccc(C)c2C)ccc1OCc1ccccc1. The lowest BCUT2D eigenvalue weighted by Gasteiger charge is -2.12. The molecule has 27 heavy (non-hydrogen) atoms. The molecular weight excluding hydrogens is 334 g/mol. The number of hydrogen-bond acceptors (Lipinski definition) is 3. The summed E-state index contributed by atoms with van der Waals surface area (Å²) in [6.45, 7) is 7.25. The molecule has 0 heterocycles. The zero-order chi connectivity index (χ0) is 19.1. The second kappa shape index (κ2) is 9.04. The molecule has 3 rings (SSSR count). The minimum absolute atomic E-state index is 0.511. The zero-order valence-corrected chi connectivity index (χ0v) is 16.1. The van der Waals surface area contributed by atoms with Gasteiger partial charge in [-0.05, 0) is 67.3 Å². The van der Waals surface area contributed by atoms with Crippen molar-refractivity contribution in [1.82, 2.24) is 0 Å². The Bertz CT molecular complexity index is 917. The molecule has 0 aliphatic carbocycles. The predicted molar refractivity (Wildman–Crippen MR) is 112 cm³/mol. The molecular formula is C24H25NO2. The van der Waals surface area contributed by atoms with Gasteiger partial charge in [0.2, 0.25) is 0 Å². The molecule has 0 aliphatic rings. The molecule has 0 amide bonds. The largest absolute Gasteiger partial charge is 0.490 e. The summed E-state index contributed by atoms with van der Waals surface area (Å²) in [5, 5.41) is 0. The Morgan fingerprint density at radius 3 is 2.44 bits per heavy atom. The molecule has 0 unspecified atom stereocenters. The van der Waals surface area contributed by atoms with Crippen LogP contribution in [0.3, 0.4) is 0 Å². The van der Waals surface area contributed by atoms with Crippen LogP contribution in [-0.4, -0.2) is 12.8 Å². The van der Waals surface area contributed by atoms with Crippen molar-refractivity contribution in [2.24, 2.45) is 4.99 Å². The molecule has 3 heteroatoms. The second-order valence-electron chi connectivity index (χ2n) is 6.39. The highest BCUT2D eigenvalue weighted by molar-refractivity contribution is 5.83. The average molecular weight is 359 g/mol. The van der Waals surface area contributed by atoms with E-state index in [-0.39, 0.29) is 0 Å². The van der Waals surface area contributed by atoms with Gasteiger partial charge < -0.3 is 9.47 Å². The number of nitrogens with zero attached hydrogens (tertiary/aromatic N) is 1. The zero-order valence-electron chi connectivity index (χ0n) is 16.1. The van der Waals surface area contributed by atoms with Crippen molar-refractivity contribution in [2.45, 2.75) is 27.4 Å². The number of ether oxygens (including phenoxy) is 2. The first-order valence-corrected chi connectivity index (χ1v) is 9.21. The van der Waals surface area contributed by atoms with E-state index in [1.54, 1.807) is 0 Å². The molecule has 138 valence electrons. The van der Waals surface area contributed by atoms with Crippen molar-refractivity contribution >= 4 is 11.9 Å². The van der Waals surface area contributed by atoms with Crippen molar-refractivity contribution < 1.29 is 9.47 Å². The van der Waals surface area contributed by atoms with Gasteiger partial charge in [0.1, 0.15) is 6.61 Å². The minimum Gasteiger partial charge on any atom is -0.490 e. The molecule has 0 N–H and O–H groups in total. The third kappa shape index (κ3) is 4.98. The molecule has 3 aromatic rings. The standard InChI is InChI=1S/C24H25NO2/c1-4-26-24-15-21(16-25-22-12-8-9-18(2)19(22)3)13-14-23(24)27-17-20-10-6-5-7-11-20/h5-16H,4,17H2,1-3H3. The summed E-state index contributed by atoms with van der Waals surface area (Å²) in [5.74, 6) is 1.47. The van der Waals surface area contributed by atoms with E-state index < -0.39 is 0 Å². The maximum absolute atomic E-state index is 5.96. The lowest BCUT2D eigenvalue weighted by Crippen LogP contribution is -2.00. The summed E-state index contributed by atoms with van der Waals surface area (Å²) < 4.78 is 11.7. The van der Waals surface area contributed by atoms with Crippen molar-refractivity contribution in [2.75, 3.05) is 6.61 Å². The highest BCUT2D eigenvalue weighted by Gasteiger charge is 2.07. The van der Waals surface area contributed by atoms with Crippen molar-refractivity contribution in [3.05, 3.63) is 89.0 Å².